The van der Waals surface area contributed by atoms with E-state index in [9.17, 15) is 0 Å². The molecule has 0 saturated heterocycles. The predicted molar refractivity (Wildman–Crippen MR) is 113 cm³/mol. The summed E-state index contributed by atoms with van der Waals surface area (Å²) in [5.74, 6) is 0. The summed E-state index contributed by atoms with van der Waals surface area (Å²) in [6, 6.07) is 12.5. The van der Waals surface area contributed by atoms with Crippen molar-refractivity contribution in [1.82, 2.24) is 15.6 Å². The van der Waals surface area contributed by atoms with Crippen LogP contribution in [0.3, 0.4) is 0 Å². The van der Waals surface area contributed by atoms with Crippen molar-refractivity contribution >= 4 is 41.9 Å². The van der Waals surface area contributed by atoms with Gasteiger partial charge in [-0.15, -0.1) is 25.4 Å². The molecular formula is C21H21AgN3OP. The molecular weight excluding hydrogens is 449 g/mol. The van der Waals surface area contributed by atoms with Gasteiger partial charge in [-0.25, -0.2) is 0 Å². The van der Waals surface area contributed by atoms with E-state index in [2.05, 4.69) is 51.6 Å². The maximum atomic E-state index is 9.02. The summed E-state index contributed by atoms with van der Waals surface area (Å²) in [4.78, 5) is 4.69. The third-order valence-electron chi connectivity index (χ3n) is 3.92. The molecule has 2 aromatic carbocycles. The van der Waals surface area contributed by atoms with Crippen molar-refractivity contribution in [3.63, 3.8) is 0 Å². The van der Waals surface area contributed by atoms with Gasteiger partial charge in [0.05, 0.1) is 0 Å². The van der Waals surface area contributed by atoms with E-state index in [1.807, 2.05) is 30.4 Å². The number of aromatic nitrogens is 1. The molecule has 6 heteroatoms. The Labute approximate surface area is 177 Å². The molecule has 27 heavy (non-hydrogen) atoms. The maximum absolute atomic E-state index is 9.02. The number of benzene rings is 2. The van der Waals surface area contributed by atoms with E-state index in [1.165, 1.54) is 7.05 Å². The third kappa shape index (κ3) is 5.30. The van der Waals surface area contributed by atoms with Crippen molar-refractivity contribution in [3.05, 3.63) is 85.1 Å². The molecule has 0 saturated carbocycles. The van der Waals surface area contributed by atoms with Crippen LogP contribution in [0.5, 0.6) is 0 Å². The second-order valence-electron chi connectivity index (χ2n) is 5.85. The molecule has 0 amide bonds. The zero-order valence-corrected chi connectivity index (χ0v) is 17.5. The predicted octanol–water partition coefficient (Wildman–Crippen LogP) is 3.91. The first-order valence-electron chi connectivity index (χ1n) is 8.19. The number of hydrazine groups is 1. The molecule has 1 atom stereocenters. The molecule has 142 valence electrons. The van der Waals surface area contributed by atoms with Gasteiger partial charge in [-0.05, 0) is 45.4 Å². The number of nitrogens with one attached hydrogen (secondary N) is 1. The van der Waals surface area contributed by atoms with Gasteiger partial charge in [0.15, 0.2) is 0 Å². The zero-order valence-electron chi connectivity index (χ0n) is 14.9. The van der Waals surface area contributed by atoms with E-state index in [0.717, 1.165) is 43.4 Å². The Balaban J connectivity index is 0.00000261. The van der Waals surface area contributed by atoms with Crippen LogP contribution in [0.2, 0.25) is 0 Å². The number of hydroxylamine groups is 1. The average molecular weight is 470 g/mol. The molecule has 1 aromatic heterocycles. The average Bonchev–Trinajstić information content (AvgIpc) is 2.97. The Hall–Kier alpha value is -1.91. The van der Waals surface area contributed by atoms with Gasteiger partial charge >= 0.3 is 22.4 Å². The van der Waals surface area contributed by atoms with Crippen LogP contribution in [0.25, 0.3) is 27.4 Å². The van der Waals surface area contributed by atoms with Gasteiger partial charge in [0.1, 0.15) is 0 Å². The minimum Gasteiger partial charge on any atom is -0.657 e. The fraction of sp³-hybridized carbons (Fsp3) is 0.0476. The van der Waals surface area contributed by atoms with E-state index < -0.39 is 0 Å². The van der Waals surface area contributed by atoms with Crippen LogP contribution in [-0.2, 0) is 22.4 Å². The van der Waals surface area contributed by atoms with Gasteiger partial charge < -0.3 is 10.4 Å². The minimum atomic E-state index is 0. The van der Waals surface area contributed by atoms with Crippen LogP contribution in [-0.4, -0.2) is 17.4 Å². The summed E-state index contributed by atoms with van der Waals surface area (Å²) in [6.07, 6.45) is 11.1. The van der Waals surface area contributed by atoms with E-state index in [1.54, 1.807) is 12.3 Å². The topological polar surface area (TPSA) is 49.6 Å². The molecule has 0 aliphatic rings. The summed E-state index contributed by atoms with van der Waals surface area (Å²) in [5, 5.41) is 13.4. The van der Waals surface area contributed by atoms with Gasteiger partial charge in [-0.3, -0.25) is 5.21 Å². The monoisotopic (exact) mass is 469 g/mol. The number of nitrogens with zero attached hydrogens (tertiary/aromatic N) is 2. The Morgan fingerprint density at radius 3 is 2.56 bits per heavy atom. The Morgan fingerprint density at radius 2 is 1.85 bits per heavy atom. The molecule has 0 fully saturated rings. The van der Waals surface area contributed by atoms with Crippen molar-refractivity contribution in [2.45, 2.75) is 0 Å². The first-order chi connectivity index (χ1) is 12.6. The Kier molecular flexibility index (Phi) is 7.81. The van der Waals surface area contributed by atoms with Crippen LogP contribution >= 0.6 is 9.24 Å². The number of fused-ring (bicyclic) bond motifs is 3. The number of allylic oxidation sites excluding steroid dienone is 6. The summed E-state index contributed by atoms with van der Waals surface area (Å²) in [5.41, 5.74) is 6.79. The van der Waals surface area contributed by atoms with Gasteiger partial charge in [-0.1, -0.05) is 55.1 Å². The number of hydrogen-bond acceptors (Lipinski definition) is 3. The molecule has 0 aliphatic carbocycles. The third-order valence-corrected chi connectivity index (χ3v) is 4.28. The summed E-state index contributed by atoms with van der Waals surface area (Å²) in [7, 11) is 4.24. The van der Waals surface area contributed by atoms with E-state index in [0.29, 0.717) is 0 Å². The summed E-state index contributed by atoms with van der Waals surface area (Å²) in [6.45, 7) is 3.81. The fourth-order valence-electron chi connectivity index (χ4n) is 2.77. The van der Waals surface area contributed by atoms with Crippen molar-refractivity contribution in [3.8, 4) is 0 Å². The normalized spacial score (nSPS) is 12.4. The van der Waals surface area contributed by atoms with E-state index in [4.69, 9.17) is 10.2 Å². The minimum absolute atomic E-state index is 0. The van der Waals surface area contributed by atoms with Gasteiger partial charge in [-0.2, -0.15) is 0 Å². The largest absolute Gasteiger partial charge is 1.00 e. The summed E-state index contributed by atoms with van der Waals surface area (Å²) >= 11 is 0. The van der Waals surface area contributed by atoms with Crippen LogP contribution in [0, 0.1) is 0 Å². The number of hydrogen-bond donors (Lipinski definition) is 2. The smallest absolute Gasteiger partial charge is 0.657 e. The first-order valence-corrected chi connectivity index (χ1v) is 8.77. The van der Waals surface area contributed by atoms with E-state index in [-0.39, 0.29) is 22.4 Å². The number of rotatable bonds is 6. The first kappa shape index (κ1) is 21.4. The van der Waals surface area contributed by atoms with Crippen LogP contribution in [0.4, 0.5) is 0 Å². The van der Waals surface area contributed by atoms with Crippen LogP contribution < -0.4 is 15.7 Å². The molecule has 1 heterocycles. The second-order valence-corrected chi connectivity index (χ2v) is 6.52. The molecule has 0 bridgehead atoms. The second kappa shape index (κ2) is 9.86. The molecule has 0 spiro atoms. The van der Waals surface area contributed by atoms with Gasteiger partial charge in [0.25, 0.3) is 0 Å². The SMILES string of the molecule is C=C\C=C(/C=C\C=C\NN(C)O)c1ccc2[n-]c3ccc(P)cc3c2c1.[Ag+]. The van der Waals surface area contributed by atoms with Crippen molar-refractivity contribution in [1.29, 1.82) is 0 Å². The Morgan fingerprint density at radius 1 is 1.15 bits per heavy atom. The fourth-order valence-corrected chi connectivity index (χ4v) is 3.03. The molecule has 0 aliphatic heterocycles. The molecule has 3 aromatic rings. The van der Waals surface area contributed by atoms with Gasteiger partial charge in [0, 0.05) is 13.2 Å². The zero-order chi connectivity index (χ0) is 18.5. The van der Waals surface area contributed by atoms with Gasteiger partial charge in [0.2, 0.25) is 0 Å². The molecule has 2 N–H and O–H groups in total. The van der Waals surface area contributed by atoms with Crippen LogP contribution in [0.15, 0.2) is 79.6 Å². The molecule has 3 rings (SSSR count). The molecule has 0 radical (unpaired) electrons. The van der Waals surface area contributed by atoms with Crippen LogP contribution in [0.1, 0.15) is 5.56 Å². The summed E-state index contributed by atoms with van der Waals surface area (Å²) < 4.78 is 0. The van der Waals surface area contributed by atoms with Crippen molar-refractivity contribution < 1.29 is 27.6 Å². The van der Waals surface area contributed by atoms with E-state index >= 15 is 0 Å². The standard InChI is InChI=1S/C21H21N3OP.Ag/c1-3-6-15(7-4-5-12-22-24(2)25)16-8-10-20-18(13-16)19-14-17(26)9-11-21(19)23-20;/h3-14,22,25H,1,26H2,2H3;/q-1;+1/b7-4-,12-5+,15-6+;. The quantitative estimate of drug-likeness (QED) is 0.248. The van der Waals surface area contributed by atoms with Crippen molar-refractivity contribution in [2.24, 2.45) is 0 Å². The maximum Gasteiger partial charge on any atom is 1.00 e. The van der Waals surface area contributed by atoms with Crippen molar-refractivity contribution in [2.75, 3.05) is 7.05 Å². The Bertz CT molecular complexity index is 1030. The molecule has 4 nitrogen and oxygen atoms in total. The molecule has 1 unspecified atom stereocenters.